The Labute approximate surface area is 175 Å². The largest absolute Gasteiger partial charge is 0.465 e. The molecule has 0 aliphatic carbocycles. The molecule has 0 fully saturated rings. The number of nitrogens with one attached hydrogen (secondary N) is 1. The van der Waals surface area contributed by atoms with Crippen LogP contribution in [0.15, 0.2) is 42.6 Å². The number of hydrogen-bond acceptors (Lipinski definition) is 7. The number of benzene rings is 1. The normalized spacial score (nSPS) is 11.0. The molecule has 3 aromatic heterocycles. The second kappa shape index (κ2) is 8.22. The molecule has 0 aliphatic rings. The molecule has 0 spiro atoms. The first kappa shape index (κ1) is 20.0. The number of halogens is 1. The zero-order chi connectivity index (χ0) is 22.0. The van der Waals surface area contributed by atoms with Gasteiger partial charge in [0.2, 0.25) is 0 Å². The highest BCUT2D eigenvalue weighted by molar-refractivity contribution is 5.89. The van der Waals surface area contributed by atoms with Crippen molar-refractivity contribution in [2.45, 2.75) is 13.0 Å². The Hall–Kier alpha value is -4.28. The molecule has 0 saturated heterocycles. The highest BCUT2D eigenvalue weighted by Gasteiger charge is 2.19. The quantitative estimate of drug-likeness (QED) is 0.367. The summed E-state index contributed by atoms with van der Waals surface area (Å²) in [5.41, 5.74) is 14.0. The summed E-state index contributed by atoms with van der Waals surface area (Å²) in [5.74, 6) is 0.133. The predicted octanol–water partition coefficient (Wildman–Crippen LogP) is 2.05. The molecule has 6 N–H and O–H groups in total. The zero-order valence-electron chi connectivity index (χ0n) is 16.3. The number of nitrogen functional groups attached to an aromatic ring is 2. The molecule has 10 nitrogen and oxygen atoms in total. The minimum absolute atomic E-state index is 0.122. The number of rotatable bonds is 6. The van der Waals surface area contributed by atoms with Crippen molar-refractivity contribution in [2.24, 2.45) is 0 Å². The molecule has 0 unspecified atom stereocenters. The summed E-state index contributed by atoms with van der Waals surface area (Å²) in [6, 6.07) is 10.00. The van der Waals surface area contributed by atoms with Crippen molar-refractivity contribution in [2.75, 3.05) is 18.0 Å². The van der Waals surface area contributed by atoms with Crippen molar-refractivity contribution in [1.82, 2.24) is 30.0 Å². The summed E-state index contributed by atoms with van der Waals surface area (Å²) in [6.45, 7) is 0.292. The van der Waals surface area contributed by atoms with Crippen LogP contribution in [0.3, 0.4) is 0 Å². The molecule has 0 aliphatic heterocycles. The van der Waals surface area contributed by atoms with E-state index in [4.69, 9.17) is 16.6 Å². The van der Waals surface area contributed by atoms with E-state index in [0.717, 1.165) is 0 Å². The smallest absolute Gasteiger partial charge is 0.404 e. The van der Waals surface area contributed by atoms with Gasteiger partial charge in [-0.15, -0.1) is 0 Å². The molecular weight excluding hydrogens is 403 g/mol. The number of carbonyl (C=O) groups is 1. The molecule has 0 radical (unpaired) electrons. The van der Waals surface area contributed by atoms with Crippen LogP contribution in [0.25, 0.3) is 22.6 Å². The van der Waals surface area contributed by atoms with E-state index in [0.29, 0.717) is 27.9 Å². The lowest BCUT2D eigenvalue weighted by molar-refractivity contribution is 0.194. The van der Waals surface area contributed by atoms with Gasteiger partial charge in [0.25, 0.3) is 0 Å². The third-order valence-electron chi connectivity index (χ3n) is 4.72. The van der Waals surface area contributed by atoms with E-state index in [9.17, 15) is 9.18 Å². The van der Waals surface area contributed by atoms with Crippen molar-refractivity contribution in [3.8, 4) is 11.5 Å². The van der Waals surface area contributed by atoms with E-state index in [2.05, 4.69) is 25.4 Å². The van der Waals surface area contributed by atoms with Crippen LogP contribution in [0.1, 0.15) is 11.1 Å². The van der Waals surface area contributed by atoms with Gasteiger partial charge >= 0.3 is 6.09 Å². The van der Waals surface area contributed by atoms with Gasteiger partial charge < -0.3 is 21.9 Å². The van der Waals surface area contributed by atoms with E-state index < -0.39 is 6.09 Å². The summed E-state index contributed by atoms with van der Waals surface area (Å²) in [7, 11) is 0. The van der Waals surface area contributed by atoms with Gasteiger partial charge in [-0.3, -0.25) is 0 Å². The van der Waals surface area contributed by atoms with Gasteiger partial charge in [0.05, 0.1) is 11.9 Å². The fourth-order valence-corrected chi connectivity index (χ4v) is 3.25. The first-order valence-corrected chi connectivity index (χ1v) is 9.38. The SMILES string of the molecule is Nc1nc(-c2nn(Cc3ccccc3F)c3ncccc23)nc(N)c1CCNC(=O)O. The fourth-order valence-electron chi connectivity index (χ4n) is 3.25. The van der Waals surface area contributed by atoms with E-state index in [1.807, 2.05) is 6.07 Å². The summed E-state index contributed by atoms with van der Waals surface area (Å²) in [6.07, 6.45) is 0.719. The number of amides is 1. The van der Waals surface area contributed by atoms with Crippen LogP contribution in [0.4, 0.5) is 20.8 Å². The number of aromatic nitrogens is 5. The number of carboxylic acid groups (broad SMARTS) is 1. The van der Waals surface area contributed by atoms with Gasteiger partial charge in [0.15, 0.2) is 11.5 Å². The molecule has 1 aromatic carbocycles. The predicted molar refractivity (Wildman–Crippen MR) is 113 cm³/mol. The van der Waals surface area contributed by atoms with Crippen LogP contribution in [-0.4, -0.2) is 42.5 Å². The van der Waals surface area contributed by atoms with E-state index in [-0.39, 0.29) is 42.8 Å². The highest BCUT2D eigenvalue weighted by atomic mass is 19.1. The molecule has 3 heterocycles. The number of anilines is 2. The molecule has 1 amide bonds. The molecule has 11 heteroatoms. The first-order valence-electron chi connectivity index (χ1n) is 9.38. The Morgan fingerprint density at radius 2 is 1.87 bits per heavy atom. The Balaban J connectivity index is 1.73. The molecule has 158 valence electrons. The third kappa shape index (κ3) is 4.06. The molecular formula is C20H19FN8O2. The minimum atomic E-state index is -1.14. The summed E-state index contributed by atoms with van der Waals surface area (Å²) < 4.78 is 15.7. The van der Waals surface area contributed by atoms with Crippen LogP contribution >= 0.6 is 0 Å². The van der Waals surface area contributed by atoms with Crippen molar-refractivity contribution >= 4 is 28.8 Å². The third-order valence-corrected chi connectivity index (χ3v) is 4.72. The first-order chi connectivity index (χ1) is 14.9. The summed E-state index contributed by atoms with van der Waals surface area (Å²) in [4.78, 5) is 23.6. The van der Waals surface area contributed by atoms with Gasteiger partial charge in [-0.05, 0) is 24.6 Å². The maximum atomic E-state index is 14.1. The summed E-state index contributed by atoms with van der Waals surface area (Å²) >= 11 is 0. The number of nitrogens with two attached hydrogens (primary N) is 2. The van der Waals surface area contributed by atoms with E-state index in [1.54, 1.807) is 35.1 Å². The Kier molecular flexibility index (Phi) is 5.31. The maximum Gasteiger partial charge on any atom is 0.404 e. The van der Waals surface area contributed by atoms with E-state index >= 15 is 0 Å². The second-order valence-electron chi connectivity index (χ2n) is 6.75. The number of hydrogen-bond donors (Lipinski definition) is 4. The van der Waals surface area contributed by atoms with Gasteiger partial charge in [0.1, 0.15) is 23.1 Å². The summed E-state index contributed by atoms with van der Waals surface area (Å²) in [5, 5.41) is 16.2. The number of nitrogens with zero attached hydrogens (tertiary/aromatic N) is 5. The molecule has 0 atom stereocenters. The Bertz CT molecular complexity index is 1250. The van der Waals surface area contributed by atoms with Crippen molar-refractivity contribution in [1.29, 1.82) is 0 Å². The van der Waals surface area contributed by atoms with Crippen molar-refractivity contribution < 1.29 is 14.3 Å². The average Bonchev–Trinajstić information content (AvgIpc) is 3.10. The highest BCUT2D eigenvalue weighted by Crippen LogP contribution is 2.28. The van der Waals surface area contributed by atoms with Crippen LogP contribution in [-0.2, 0) is 13.0 Å². The monoisotopic (exact) mass is 422 g/mol. The van der Waals surface area contributed by atoms with Crippen LogP contribution in [0.5, 0.6) is 0 Å². The maximum absolute atomic E-state index is 14.1. The lowest BCUT2D eigenvalue weighted by Gasteiger charge is -2.09. The van der Waals surface area contributed by atoms with Gasteiger partial charge in [-0.2, -0.15) is 5.10 Å². The standard InChI is InChI=1S/C20H19FN8O2/c21-14-6-2-1-4-11(14)10-29-19-12(5-3-8-24-19)15(28-29)18-26-16(22)13(17(23)27-18)7-9-25-20(30)31/h1-6,8,25H,7,9-10H2,(H,30,31)(H4,22,23,26,27). The molecule has 4 aromatic rings. The Morgan fingerprint density at radius 1 is 1.13 bits per heavy atom. The van der Waals surface area contributed by atoms with Crippen LogP contribution < -0.4 is 16.8 Å². The number of pyridine rings is 1. The van der Waals surface area contributed by atoms with Crippen molar-refractivity contribution in [3.63, 3.8) is 0 Å². The number of fused-ring (bicyclic) bond motifs is 1. The molecule has 0 bridgehead atoms. The minimum Gasteiger partial charge on any atom is -0.465 e. The second-order valence-corrected chi connectivity index (χ2v) is 6.75. The van der Waals surface area contributed by atoms with Gasteiger partial charge in [0, 0.05) is 23.9 Å². The van der Waals surface area contributed by atoms with Gasteiger partial charge in [-0.1, -0.05) is 18.2 Å². The van der Waals surface area contributed by atoms with Crippen LogP contribution in [0.2, 0.25) is 0 Å². The molecule has 4 rings (SSSR count). The Morgan fingerprint density at radius 3 is 2.58 bits per heavy atom. The van der Waals surface area contributed by atoms with E-state index in [1.165, 1.54) is 6.07 Å². The molecule has 31 heavy (non-hydrogen) atoms. The molecule has 0 saturated carbocycles. The lowest BCUT2D eigenvalue weighted by atomic mass is 10.2. The average molecular weight is 422 g/mol. The van der Waals surface area contributed by atoms with Crippen LogP contribution in [0, 0.1) is 5.82 Å². The van der Waals surface area contributed by atoms with Gasteiger partial charge in [-0.25, -0.2) is 28.8 Å². The fraction of sp³-hybridized carbons (Fsp3) is 0.150. The zero-order valence-corrected chi connectivity index (χ0v) is 16.3. The van der Waals surface area contributed by atoms with Crippen molar-refractivity contribution in [3.05, 3.63) is 59.5 Å². The lowest BCUT2D eigenvalue weighted by Crippen LogP contribution is -2.24. The topological polar surface area (TPSA) is 158 Å².